The van der Waals surface area contributed by atoms with Crippen LogP contribution in [0.1, 0.15) is 59.8 Å². The van der Waals surface area contributed by atoms with Gasteiger partial charge in [-0.3, -0.25) is 0 Å². The van der Waals surface area contributed by atoms with Gasteiger partial charge in [0, 0.05) is 12.1 Å². The van der Waals surface area contributed by atoms with Gasteiger partial charge in [0.25, 0.3) is 0 Å². The van der Waals surface area contributed by atoms with E-state index in [1.54, 1.807) is 0 Å². The molecule has 1 aliphatic rings. The Bertz CT molecular complexity index is 199. The van der Waals surface area contributed by atoms with Gasteiger partial charge in [-0.2, -0.15) is 0 Å². The van der Waals surface area contributed by atoms with Gasteiger partial charge in [0.1, 0.15) is 0 Å². The minimum Gasteiger partial charge on any atom is -0.326 e. The summed E-state index contributed by atoms with van der Waals surface area (Å²) in [4.78, 5) is 0. The monoisotopic (exact) mass is 226 g/mol. The van der Waals surface area contributed by atoms with Crippen LogP contribution in [0.3, 0.4) is 0 Å². The SMILES string of the molecule is CC(C)(N)CCCNCC(C)(C)C1CCC1. The normalized spacial score (nSPS) is 18.6. The van der Waals surface area contributed by atoms with Crippen molar-refractivity contribution in [3.63, 3.8) is 0 Å². The maximum Gasteiger partial charge on any atom is 0.00975 e. The van der Waals surface area contributed by atoms with Crippen molar-refractivity contribution in [1.82, 2.24) is 5.32 Å². The van der Waals surface area contributed by atoms with Crippen molar-refractivity contribution < 1.29 is 0 Å². The van der Waals surface area contributed by atoms with Gasteiger partial charge in [-0.25, -0.2) is 0 Å². The molecule has 0 aromatic heterocycles. The van der Waals surface area contributed by atoms with E-state index in [0.29, 0.717) is 5.41 Å². The highest BCUT2D eigenvalue weighted by molar-refractivity contribution is 4.85. The quantitative estimate of drug-likeness (QED) is 0.655. The van der Waals surface area contributed by atoms with Crippen molar-refractivity contribution in [2.75, 3.05) is 13.1 Å². The number of nitrogens with two attached hydrogens (primary N) is 1. The van der Waals surface area contributed by atoms with E-state index in [9.17, 15) is 0 Å². The lowest BCUT2D eigenvalue weighted by Gasteiger charge is -2.40. The van der Waals surface area contributed by atoms with Gasteiger partial charge in [-0.1, -0.05) is 20.3 Å². The molecule has 1 rings (SSSR count). The molecular formula is C14H30N2. The fourth-order valence-electron chi connectivity index (χ4n) is 2.41. The first kappa shape index (κ1) is 14.0. The molecule has 0 aromatic carbocycles. The van der Waals surface area contributed by atoms with Crippen LogP contribution >= 0.6 is 0 Å². The molecule has 0 aromatic rings. The molecular weight excluding hydrogens is 196 g/mol. The fourth-order valence-corrected chi connectivity index (χ4v) is 2.41. The van der Waals surface area contributed by atoms with E-state index in [-0.39, 0.29) is 5.54 Å². The highest BCUT2D eigenvalue weighted by Crippen LogP contribution is 2.41. The van der Waals surface area contributed by atoms with Crippen LogP contribution in [0.5, 0.6) is 0 Å². The second kappa shape index (κ2) is 5.50. The topological polar surface area (TPSA) is 38.0 Å². The second-order valence-electron chi connectivity index (χ2n) is 6.89. The largest absolute Gasteiger partial charge is 0.326 e. The van der Waals surface area contributed by atoms with Crippen LogP contribution in [0, 0.1) is 11.3 Å². The Labute approximate surface area is 101 Å². The average molecular weight is 226 g/mol. The van der Waals surface area contributed by atoms with Gasteiger partial charge in [-0.05, 0) is 57.4 Å². The Kier molecular flexibility index (Phi) is 4.81. The van der Waals surface area contributed by atoms with Gasteiger partial charge in [0.15, 0.2) is 0 Å². The lowest BCUT2D eigenvalue weighted by Crippen LogP contribution is -2.39. The van der Waals surface area contributed by atoms with Crippen LogP contribution in [0.15, 0.2) is 0 Å². The van der Waals surface area contributed by atoms with E-state index in [1.165, 1.54) is 25.7 Å². The summed E-state index contributed by atoms with van der Waals surface area (Å²) < 4.78 is 0. The van der Waals surface area contributed by atoms with E-state index >= 15 is 0 Å². The van der Waals surface area contributed by atoms with Crippen molar-refractivity contribution in [1.29, 1.82) is 0 Å². The lowest BCUT2D eigenvalue weighted by molar-refractivity contribution is 0.119. The first-order valence-electron chi connectivity index (χ1n) is 6.81. The maximum atomic E-state index is 5.95. The minimum atomic E-state index is -0.00876. The number of hydrogen-bond donors (Lipinski definition) is 2. The second-order valence-corrected chi connectivity index (χ2v) is 6.89. The molecule has 3 N–H and O–H groups in total. The Morgan fingerprint density at radius 2 is 1.81 bits per heavy atom. The van der Waals surface area contributed by atoms with Gasteiger partial charge in [-0.15, -0.1) is 0 Å². The molecule has 1 fully saturated rings. The molecule has 2 nitrogen and oxygen atoms in total. The molecule has 2 heteroatoms. The van der Waals surface area contributed by atoms with E-state index in [4.69, 9.17) is 5.73 Å². The molecule has 0 aliphatic heterocycles. The summed E-state index contributed by atoms with van der Waals surface area (Å²) in [6.45, 7) is 11.3. The van der Waals surface area contributed by atoms with E-state index in [1.807, 2.05) is 0 Å². The predicted octanol–water partition coefficient (Wildman–Crippen LogP) is 2.92. The molecule has 1 aliphatic carbocycles. The van der Waals surface area contributed by atoms with Crippen LogP contribution in [0.2, 0.25) is 0 Å². The highest BCUT2D eigenvalue weighted by Gasteiger charge is 2.33. The van der Waals surface area contributed by atoms with Crippen molar-refractivity contribution in [3.05, 3.63) is 0 Å². The fraction of sp³-hybridized carbons (Fsp3) is 1.00. The summed E-state index contributed by atoms with van der Waals surface area (Å²) in [5.41, 5.74) is 6.43. The molecule has 0 radical (unpaired) electrons. The van der Waals surface area contributed by atoms with Crippen molar-refractivity contribution in [3.8, 4) is 0 Å². The van der Waals surface area contributed by atoms with Crippen LogP contribution in [0.4, 0.5) is 0 Å². The lowest BCUT2D eigenvalue weighted by atomic mass is 9.67. The van der Waals surface area contributed by atoms with Gasteiger partial charge >= 0.3 is 0 Å². The molecule has 0 unspecified atom stereocenters. The average Bonchev–Trinajstić information content (AvgIpc) is 1.96. The summed E-state index contributed by atoms with van der Waals surface area (Å²) in [7, 11) is 0. The van der Waals surface area contributed by atoms with E-state index < -0.39 is 0 Å². The van der Waals surface area contributed by atoms with Crippen LogP contribution in [0.25, 0.3) is 0 Å². The van der Waals surface area contributed by atoms with E-state index in [2.05, 4.69) is 33.0 Å². The summed E-state index contributed by atoms with van der Waals surface area (Å²) in [5.74, 6) is 0.950. The Balaban J connectivity index is 2.06. The van der Waals surface area contributed by atoms with Gasteiger partial charge in [0.05, 0.1) is 0 Å². The molecule has 0 amide bonds. The third-order valence-corrected chi connectivity index (χ3v) is 3.97. The van der Waals surface area contributed by atoms with E-state index in [0.717, 1.165) is 25.4 Å². The smallest absolute Gasteiger partial charge is 0.00975 e. The number of hydrogen-bond acceptors (Lipinski definition) is 2. The third-order valence-electron chi connectivity index (χ3n) is 3.97. The van der Waals surface area contributed by atoms with Crippen molar-refractivity contribution in [2.24, 2.45) is 17.1 Å². The van der Waals surface area contributed by atoms with Crippen molar-refractivity contribution in [2.45, 2.75) is 65.3 Å². The standard InChI is InChI=1S/C14H30N2/c1-13(2,12-7-5-8-12)11-16-10-6-9-14(3,4)15/h12,16H,5-11,15H2,1-4H3. The summed E-state index contributed by atoms with van der Waals surface area (Å²) in [6, 6.07) is 0. The van der Waals surface area contributed by atoms with Gasteiger partial charge < -0.3 is 11.1 Å². The first-order chi connectivity index (χ1) is 7.31. The third kappa shape index (κ3) is 4.84. The first-order valence-corrected chi connectivity index (χ1v) is 6.81. The maximum absolute atomic E-state index is 5.95. The molecule has 96 valence electrons. The summed E-state index contributed by atoms with van der Waals surface area (Å²) in [6.07, 6.45) is 6.60. The van der Waals surface area contributed by atoms with Crippen LogP contribution in [-0.4, -0.2) is 18.6 Å². The molecule has 0 bridgehead atoms. The number of rotatable bonds is 7. The van der Waals surface area contributed by atoms with Gasteiger partial charge in [0.2, 0.25) is 0 Å². The molecule has 1 saturated carbocycles. The molecule has 16 heavy (non-hydrogen) atoms. The van der Waals surface area contributed by atoms with Crippen LogP contribution in [-0.2, 0) is 0 Å². The zero-order valence-electron chi connectivity index (χ0n) is 11.6. The zero-order chi connectivity index (χ0) is 12.2. The van der Waals surface area contributed by atoms with Crippen molar-refractivity contribution >= 4 is 0 Å². The Morgan fingerprint density at radius 3 is 2.25 bits per heavy atom. The minimum absolute atomic E-state index is 0.00876. The molecule has 0 atom stereocenters. The summed E-state index contributed by atoms with van der Waals surface area (Å²) >= 11 is 0. The Hall–Kier alpha value is -0.0800. The Morgan fingerprint density at radius 1 is 1.19 bits per heavy atom. The molecule has 0 saturated heterocycles. The molecule has 0 spiro atoms. The molecule has 0 heterocycles. The zero-order valence-corrected chi connectivity index (χ0v) is 11.6. The highest BCUT2D eigenvalue weighted by atomic mass is 14.9. The predicted molar refractivity (Wildman–Crippen MR) is 71.5 cm³/mol. The number of nitrogens with one attached hydrogen (secondary N) is 1. The van der Waals surface area contributed by atoms with Crippen LogP contribution < -0.4 is 11.1 Å². The summed E-state index contributed by atoms with van der Waals surface area (Å²) in [5, 5.41) is 3.59.